The predicted octanol–water partition coefficient (Wildman–Crippen LogP) is 5.48. The molecule has 3 aromatic carbocycles. The lowest BCUT2D eigenvalue weighted by atomic mass is 9.92. The number of hydrogen-bond donors (Lipinski definition) is 1. The Morgan fingerprint density at radius 2 is 1.40 bits per heavy atom. The predicted molar refractivity (Wildman–Crippen MR) is 99.2 cm³/mol. The minimum Gasteiger partial charge on any atom is -0.427 e. The highest BCUT2D eigenvalue weighted by Gasteiger charge is 2.47. The summed E-state index contributed by atoms with van der Waals surface area (Å²) in [6, 6.07) is 21.8. The van der Waals surface area contributed by atoms with Gasteiger partial charge in [-0.2, -0.15) is 0 Å². The van der Waals surface area contributed by atoms with E-state index in [4.69, 9.17) is 27.9 Å². The molecule has 0 unspecified atom stereocenters. The number of halogens is 2. The first-order valence-electron chi connectivity index (χ1n) is 7.71. The molecule has 5 heteroatoms. The van der Waals surface area contributed by atoms with E-state index in [0.29, 0.717) is 15.6 Å². The lowest BCUT2D eigenvalue weighted by Crippen LogP contribution is -2.36. The summed E-state index contributed by atoms with van der Waals surface area (Å²) in [5.41, 5.74) is 1.75. The van der Waals surface area contributed by atoms with Gasteiger partial charge in [-0.25, -0.2) is 4.79 Å². The maximum absolute atomic E-state index is 12.5. The lowest BCUT2D eigenvalue weighted by Gasteiger charge is -2.31. The molecule has 0 saturated heterocycles. The quantitative estimate of drug-likeness (QED) is 0.621. The Hall–Kier alpha value is -2.49. The van der Waals surface area contributed by atoms with Crippen molar-refractivity contribution in [3.8, 4) is 0 Å². The van der Waals surface area contributed by atoms with Crippen molar-refractivity contribution in [1.82, 2.24) is 0 Å². The van der Waals surface area contributed by atoms with Gasteiger partial charge in [-0.05, 0) is 42.5 Å². The molecule has 4 rings (SSSR count). The zero-order valence-electron chi connectivity index (χ0n) is 13.0. The summed E-state index contributed by atoms with van der Waals surface area (Å²) >= 11 is 12.0. The Morgan fingerprint density at radius 3 is 2.08 bits per heavy atom. The summed E-state index contributed by atoms with van der Waals surface area (Å²) in [7, 11) is 0. The normalized spacial score (nSPS) is 18.6. The number of rotatable bonds is 3. The van der Waals surface area contributed by atoms with Gasteiger partial charge in [0, 0.05) is 26.9 Å². The van der Waals surface area contributed by atoms with Gasteiger partial charge in [-0.3, -0.25) is 0 Å². The van der Waals surface area contributed by atoms with Crippen LogP contribution < -0.4 is 5.32 Å². The number of nitrogens with one attached hydrogen (secondary N) is 1. The van der Waals surface area contributed by atoms with E-state index in [1.807, 2.05) is 42.5 Å². The number of fused-ring (bicyclic) bond motifs is 1. The number of benzene rings is 3. The van der Waals surface area contributed by atoms with E-state index in [9.17, 15) is 4.79 Å². The third kappa shape index (κ3) is 2.76. The van der Waals surface area contributed by atoms with Gasteiger partial charge in [0.2, 0.25) is 5.72 Å². The van der Waals surface area contributed by atoms with Gasteiger partial charge in [0.25, 0.3) is 0 Å². The molecule has 0 saturated carbocycles. The van der Waals surface area contributed by atoms with Crippen molar-refractivity contribution in [3.05, 3.63) is 99.5 Å². The second-order valence-corrected chi connectivity index (χ2v) is 6.63. The van der Waals surface area contributed by atoms with Crippen LogP contribution in [0.3, 0.4) is 0 Å². The topological polar surface area (TPSA) is 38.3 Å². The van der Waals surface area contributed by atoms with Crippen LogP contribution in [0.25, 0.3) is 0 Å². The molecule has 0 bridgehead atoms. The zero-order chi connectivity index (χ0) is 17.4. The molecule has 1 N–H and O–H groups in total. The monoisotopic (exact) mass is 369 g/mol. The Morgan fingerprint density at radius 1 is 0.800 bits per heavy atom. The molecule has 1 aliphatic rings. The maximum atomic E-state index is 12.5. The van der Waals surface area contributed by atoms with Crippen LogP contribution in [0.4, 0.5) is 5.69 Å². The van der Waals surface area contributed by atoms with Gasteiger partial charge in [-0.1, -0.05) is 53.5 Å². The Labute approximate surface area is 155 Å². The summed E-state index contributed by atoms with van der Waals surface area (Å²) < 4.78 is 5.85. The standard InChI is InChI=1S/C20H13Cl2NO2/c21-14-7-5-13(6-8-14)20(23-16-11-9-15(22)10-12-16)18-4-2-1-3-17(18)19(24)25-20/h1-12,23H/t20-/m0/s1. The molecule has 3 nitrogen and oxygen atoms in total. The van der Waals surface area contributed by atoms with E-state index in [2.05, 4.69) is 5.32 Å². The first-order chi connectivity index (χ1) is 12.1. The SMILES string of the molecule is O=C1O[C@@](Nc2ccc(Cl)cc2)(c2ccc(Cl)cc2)c2ccccc21. The van der Waals surface area contributed by atoms with Gasteiger partial charge in [0.15, 0.2) is 0 Å². The number of esters is 1. The minimum atomic E-state index is -1.12. The summed E-state index contributed by atoms with van der Waals surface area (Å²) in [6.45, 7) is 0. The van der Waals surface area contributed by atoms with Crippen molar-refractivity contribution in [2.45, 2.75) is 5.72 Å². The van der Waals surface area contributed by atoms with Crippen molar-refractivity contribution in [2.24, 2.45) is 0 Å². The molecular formula is C20H13Cl2NO2. The summed E-state index contributed by atoms with van der Waals surface area (Å²) in [5, 5.41) is 4.61. The number of hydrogen-bond acceptors (Lipinski definition) is 3. The Balaban J connectivity index is 1.89. The van der Waals surface area contributed by atoms with Crippen LogP contribution in [0.1, 0.15) is 21.5 Å². The average Bonchev–Trinajstić information content (AvgIpc) is 2.91. The summed E-state index contributed by atoms with van der Waals surface area (Å²) in [5.74, 6) is -0.369. The number of carbonyl (C=O) groups is 1. The van der Waals surface area contributed by atoms with Crippen molar-refractivity contribution in [1.29, 1.82) is 0 Å². The molecule has 0 fully saturated rings. The van der Waals surface area contributed by atoms with E-state index >= 15 is 0 Å². The van der Waals surface area contributed by atoms with E-state index in [-0.39, 0.29) is 5.97 Å². The fraction of sp³-hybridized carbons (Fsp3) is 0.0500. The fourth-order valence-electron chi connectivity index (χ4n) is 3.02. The van der Waals surface area contributed by atoms with Gasteiger partial charge >= 0.3 is 5.97 Å². The average molecular weight is 370 g/mol. The molecule has 1 atom stereocenters. The van der Waals surface area contributed by atoms with E-state index in [0.717, 1.165) is 16.8 Å². The Bertz CT molecular complexity index is 939. The molecule has 1 aliphatic heterocycles. The van der Waals surface area contributed by atoms with Crippen LogP contribution in [0, 0.1) is 0 Å². The zero-order valence-corrected chi connectivity index (χ0v) is 14.5. The highest BCUT2D eigenvalue weighted by atomic mass is 35.5. The third-order valence-electron chi connectivity index (χ3n) is 4.19. The highest BCUT2D eigenvalue weighted by molar-refractivity contribution is 6.30. The molecule has 0 amide bonds. The molecule has 0 spiro atoms. The smallest absolute Gasteiger partial charge is 0.341 e. The molecule has 25 heavy (non-hydrogen) atoms. The number of anilines is 1. The van der Waals surface area contributed by atoms with E-state index in [1.165, 1.54) is 0 Å². The van der Waals surface area contributed by atoms with Crippen LogP contribution in [0.2, 0.25) is 10.0 Å². The number of ether oxygens (including phenoxy) is 1. The minimum absolute atomic E-state index is 0.369. The summed E-state index contributed by atoms with van der Waals surface area (Å²) in [4.78, 5) is 12.5. The first kappa shape index (κ1) is 16.0. The van der Waals surface area contributed by atoms with Crippen molar-refractivity contribution in [3.63, 3.8) is 0 Å². The van der Waals surface area contributed by atoms with E-state index in [1.54, 1.807) is 30.3 Å². The van der Waals surface area contributed by atoms with Crippen LogP contribution in [0.5, 0.6) is 0 Å². The van der Waals surface area contributed by atoms with Gasteiger partial charge in [0.1, 0.15) is 0 Å². The van der Waals surface area contributed by atoms with Crippen molar-refractivity contribution >= 4 is 34.9 Å². The molecule has 1 heterocycles. The maximum Gasteiger partial charge on any atom is 0.341 e. The van der Waals surface area contributed by atoms with Crippen LogP contribution in [-0.4, -0.2) is 5.97 Å². The molecule has 3 aromatic rings. The fourth-order valence-corrected chi connectivity index (χ4v) is 3.27. The van der Waals surface area contributed by atoms with Crippen LogP contribution >= 0.6 is 23.2 Å². The molecular weight excluding hydrogens is 357 g/mol. The second kappa shape index (κ2) is 6.10. The van der Waals surface area contributed by atoms with Gasteiger partial charge in [-0.15, -0.1) is 0 Å². The first-order valence-corrected chi connectivity index (χ1v) is 8.47. The van der Waals surface area contributed by atoms with Gasteiger partial charge in [0.05, 0.1) is 5.56 Å². The van der Waals surface area contributed by atoms with Crippen LogP contribution in [0.15, 0.2) is 72.8 Å². The lowest BCUT2D eigenvalue weighted by molar-refractivity contribution is 0.0212. The Kier molecular flexibility index (Phi) is 3.91. The second-order valence-electron chi connectivity index (χ2n) is 5.76. The van der Waals surface area contributed by atoms with Gasteiger partial charge < -0.3 is 10.1 Å². The molecule has 0 aliphatic carbocycles. The highest BCUT2D eigenvalue weighted by Crippen LogP contribution is 2.42. The molecule has 0 aromatic heterocycles. The van der Waals surface area contributed by atoms with E-state index < -0.39 is 5.72 Å². The molecule has 124 valence electrons. The number of carbonyl (C=O) groups excluding carboxylic acids is 1. The molecule has 0 radical (unpaired) electrons. The number of cyclic esters (lactones) is 1. The van der Waals surface area contributed by atoms with Crippen LogP contribution in [-0.2, 0) is 10.5 Å². The summed E-state index contributed by atoms with van der Waals surface area (Å²) in [6.07, 6.45) is 0. The third-order valence-corrected chi connectivity index (χ3v) is 4.69. The van der Waals surface area contributed by atoms with Crippen molar-refractivity contribution in [2.75, 3.05) is 5.32 Å². The largest absolute Gasteiger partial charge is 0.427 e. The van der Waals surface area contributed by atoms with Crippen molar-refractivity contribution < 1.29 is 9.53 Å².